The SMILES string of the molecule is CC(N)CCC(=O)Nc1ccnn1C(C)C1CC1. The second-order valence-corrected chi connectivity index (χ2v) is 5.30. The van der Waals surface area contributed by atoms with Crippen LogP contribution in [0.5, 0.6) is 0 Å². The molecule has 1 aliphatic rings. The van der Waals surface area contributed by atoms with Crippen LogP contribution in [-0.2, 0) is 4.79 Å². The Bertz CT molecular complexity index is 409. The van der Waals surface area contributed by atoms with Gasteiger partial charge in [0.1, 0.15) is 5.82 Å². The smallest absolute Gasteiger partial charge is 0.225 e. The molecule has 2 unspecified atom stereocenters. The highest BCUT2D eigenvalue weighted by atomic mass is 16.1. The lowest BCUT2D eigenvalue weighted by Crippen LogP contribution is -2.21. The number of nitrogens with two attached hydrogens (primary N) is 1. The maximum Gasteiger partial charge on any atom is 0.225 e. The minimum Gasteiger partial charge on any atom is -0.328 e. The van der Waals surface area contributed by atoms with E-state index in [1.807, 2.05) is 17.7 Å². The van der Waals surface area contributed by atoms with Crippen molar-refractivity contribution in [3.05, 3.63) is 12.3 Å². The summed E-state index contributed by atoms with van der Waals surface area (Å²) in [6.07, 6.45) is 5.43. The van der Waals surface area contributed by atoms with Crippen LogP contribution in [0.1, 0.15) is 45.6 Å². The summed E-state index contributed by atoms with van der Waals surface area (Å²) >= 11 is 0. The molecule has 3 N–H and O–H groups in total. The van der Waals surface area contributed by atoms with Crippen molar-refractivity contribution in [2.75, 3.05) is 5.32 Å². The molecule has 0 radical (unpaired) electrons. The van der Waals surface area contributed by atoms with Crippen LogP contribution in [0.15, 0.2) is 12.3 Å². The third kappa shape index (κ3) is 3.32. The molecular formula is C13H22N4O. The van der Waals surface area contributed by atoms with Gasteiger partial charge in [-0.2, -0.15) is 5.10 Å². The first kappa shape index (κ1) is 13.1. The quantitative estimate of drug-likeness (QED) is 0.810. The summed E-state index contributed by atoms with van der Waals surface area (Å²) in [4.78, 5) is 11.8. The van der Waals surface area contributed by atoms with Gasteiger partial charge in [-0.1, -0.05) is 0 Å². The second kappa shape index (κ2) is 5.52. The summed E-state index contributed by atoms with van der Waals surface area (Å²) in [6, 6.07) is 2.28. The van der Waals surface area contributed by atoms with Gasteiger partial charge >= 0.3 is 0 Å². The molecule has 18 heavy (non-hydrogen) atoms. The molecule has 5 heteroatoms. The molecular weight excluding hydrogens is 228 g/mol. The van der Waals surface area contributed by atoms with Crippen molar-refractivity contribution in [3.8, 4) is 0 Å². The van der Waals surface area contributed by atoms with E-state index in [9.17, 15) is 4.79 Å². The number of anilines is 1. The topological polar surface area (TPSA) is 72.9 Å². The van der Waals surface area contributed by atoms with Crippen LogP contribution in [0.2, 0.25) is 0 Å². The second-order valence-electron chi connectivity index (χ2n) is 5.30. The van der Waals surface area contributed by atoms with Gasteiger partial charge in [-0.25, -0.2) is 4.68 Å². The van der Waals surface area contributed by atoms with E-state index in [0.29, 0.717) is 24.8 Å². The van der Waals surface area contributed by atoms with Gasteiger partial charge in [0, 0.05) is 18.5 Å². The Morgan fingerprint density at radius 2 is 2.33 bits per heavy atom. The highest BCUT2D eigenvalue weighted by molar-refractivity contribution is 5.89. The van der Waals surface area contributed by atoms with Crippen molar-refractivity contribution in [1.82, 2.24) is 9.78 Å². The van der Waals surface area contributed by atoms with Crippen LogP contribution >= 0.6 is 0 Å². The van der Waals surface area contributed by atoms with Crippen molar-refractivity contribution in [2.24, 2.45) is 11.7 Å². The summed E-state index contributed by atoms with van der Waals surface area (Å²) in [6.45, 7) is 4.06. The molecule has 1 heterocycles. The first-order valence-electron chi connectivity index (χ1n) is 6.67. The number of amides is 1. The molecule has 1 saturated carbocycles. The standard InChI is InChI=1S/C13H22N4O/c1-9(14)3-6-13(18)16-12-7-8-15-17(12)10(2)11-4-5-11/h7-11H,3-6,14H2,1-2H3,(H,16,18). The monoisotopic (exact) mass is 250 g/mol. The minimum absolute atomic E-state index is 0.0112. The Labute approximate surface area is 108 Å². The normalized spacial score (nSPS) is 18.4. The molecule has 1 aliphatic carbocycles. The predicted molar refractivity (Wildman–Crippen MR) is 71.2 cm³/mol. The van der Waals surface area contributed by atoms with Crippen molar-refractivity contribution >= 4 is 11.7 Å². The van der Waals surface area contributed by atoms with Crippen LogP contribution in [0.25, 0.3) is 0 Å². The van der Waals surface area contributed by atoms with Gasteiger partial charge in [0.15, 0.2) is 0 Å². The summed E-state index contributed by atoms with van der Waals surface area (Å²) in [5, 5.41) is 7.22. The van der Waals surface area contributed by atoms with E-state index in [1.165, 1.54) is 12.8 Å². The number of hydrogen-bond donors (Lipinski definition) is 2. The van der Waals surface area contributed by atoms with E-state index < -0.39 is 0 Å². The first-order valence-corrected chi connectivity index (χ1v) is 6.67. The van der Waals surface area contributed by atoms with Crippen LogP contribution < -0.4 is 11.1 Å². The van der Waals surface area contributed by atoms with Crippen LogP contribution in [0, 0.1) is 5.92 Å². The average Bonchev–Trinajstić information content (AvgIpc) is 3.07. The van der Waals surface area contributed by atoms with Crippen LogP contribution in [0.3, 0.4) is 0 Å². The summed E-state index contributed by atoms with van der Waals surface area (Å²) in [5.74, 6) is 1.52. The number of nitrogens with zero attached hydrogens (tertiary/aromatic N) is 2. The number of aromatic nitrogens is 2. The Balaban J connectivity index is 1.92. The minimum atomic E-state index is 0.0112. The third-order valence-electron chi connectivity index (χ3n) is 3.45. The number of hydrogen-bond acceptors (Lipinski definition) is 3. The fourth-order valence-electron chi connectivity index (χ4n) is 2.08. The van der Waals surface area contributed by atoms with Gasteiger partial charge in [-0.05, 0) is 39.0 Å². The molecule has 1 fully saturated rings. The van der Waals surface area contributed by atoms with E-state index in [1.54, 1.807) is 6.20 Å². The number of carbonyl (C=O) groups excluding carboxylic acids is 1. The number of carbonyl (C=O) groups is 1. The Morgan fingerprint density at radius 1 is 1.61 bits per heavy atom. The Hall–Kier alpha value is -1.36. The molecule has 0 saturated heterocycles. The van der Waals surface area contributed by atoms with Gasteiger partial charge < -0.3 is 11.1 Å². The molecule has 2 atom stereocenters. The van der Waals surface area contributed by atoms with E-state index in [4.69, 9.17) is 5.73 Å². The van der Waals surface area contributed by atoms with Crippen molar-refractivity contribution < 1.29 is 4.79 Å². The van der Waals surface area contributed by atoms with Gasteiger partial charge in [0.2, 0.25) is 5.91 Å². The van der Waals surface area contributed by atoms with Gasteiger partial charge in [0.05, 0.1) is 12.2 Å². The van der Waals surface area contributed by atoms with Crippen molar-refractivity contribution in [3.63, 3.8) is 0 Å². The lowest BCUT2D eigenvalue weighted by molar-refractivity contribution is -0.116. The maximum atomic E-state index is 11.8. The zero-order chi connectivity index (χ0) is 13.1. The molecule has 5 nitrogen and oxygen atoms in total. The van der Waals surface area contributed by atoms with Gasteiger partial charge in [-0.15, -0.1) is 0 Å². The summed E-state index contributed by atoms with van der Waals surface area (Å²) in [5.41, 5.74) is 5.64. The zero-order valence-corrected chi connectivity index (χ0v) is 11.1. The molecule has 100 valence electrons. The molecule has 0 aromatic carbocycles. The number of rotatable bonds is 6. The first-order chi connectivity index (χ1) is 8.58. The fourth-order valence-corrected chi connectivity index (χ4v) is 2.08. The molecule has 2 rings (SSSR count). The number of nitrogens with one attached hydrogen (secondary N) is 1. The predicted octanol–water partition coefficient (Wildman–Crippen LogP) is 1.92. The summed E-state index contributed by atoms with van der Waals surface area (Å²) < 4.78 is 1.92. The lowest BCUT2D eigenvalue weighted by atomic mass is 10.2. The van der Waals surface area contributed by atoms with Crippen molar-refractivity contribution in [1.29, 1.82) is 0 Å². The van der Waals surface area contributed by atoms with E-state index in [2.05, 4.69) is 17.3 Å². The average molecular weight is 250 g/mol. The van der Waals surface area contributed by atoms with Gasteiger partial charge in [-0.3, -0.25) is 4.79 Å². The summed E-state index contributed by atoms with van der Waals surface area (Å²) in [7, 11) is 0. The largest absolute Gasteiger partial charge is 0.328 e. The van der Waals surface area contributed by atoms with E-state index in [-0.39, 0.29) is 11.9 Å². The van der Waals surface area contributed by atoms with Gasteiger partial charge in [0.25, 0.3) is 0 Å². The maximum absolute atomic E-state index is 11.8. The zero-order valence-electron chi connectivity index (χ0n) is 11.1. The van der Waals surface area contributed by atoms with Crippen LogP contribution in [-0.4, -0.2) is 21.7 Å². The van der Waals surface area contributed by atoms with E-state index >= 15 is 0 Å². The molecule has 1 aromatic rings. The Morgan fingerprint density at radius 3 is 2.94 bits per heavy atom. The highest BCUT2D eigenvalue weighted by Gasteiger charge is 2.30. The molecule has 0 bridgehead atoms. The molecule has 0 aliphatic heterocycles. The molecule has 0 spiro atoms. The fraction of sp³-hybridized carbons (Fsp3) is 0.692. The third-order valence-corrected chi connectivity index (χ3v) is 3.45. The highest BCUT2D eigenvalue weighted by Crippen LogP contribution is 2.40. The lowest BCUT2D eigenvalue weighted by Gasteiger charge is -2.15. The van der Waals surface area contributed by atoms with Crippen molar-refractivity contribution in [2.45, 2.75) is 51.6 Å². The molecule has 1 aromatic heterocycles. The van der Waals surface area contributed by atoms with Crippen LogP contribution in [0.4, 0.5) is 5.82 Å². The van der Waals surface area contributed by atoms with E-state index in [0.717, 1.165) is 5.82 Å². The Kier molecular flexibility index (Phi) is 4.01. The molecule has 1 amide bonds.